The number of nitrogens with zero attached hydrogens (tertiary/aromatic N) is 1. The molecule has 0 spiro atoms. The first-order valence-electron chi connectivity index (χ1n) is 5.61. The molecule has 0 aliphatic rings. The van der Waals surface area contributed by atoms with Crippen molar-refractivity contribution in [2.24, 2.45) is 0 Å². The summed E-state index contributed by atoms with van der Waals surface area (Å²) in [6, 6.07) is 14.2. The van der Waals surface area contributed by atoms with Crippen LogP contribution in [0.1, 0.15) is 18.9 Å². The second-order valence-electron chi connectivity index (χ2n) is 3.89. The number of hydrogen-bond acceptors (Lipinski definition) is 2. The standard InChI is InChI=1S/C14H16N2/c1-2-4-11-7-9-12(10-8-11)13-5-3-6-14(15)16-13/h3,5-10H,2,4H2,1H3,(H2,15,16). The lowest BCUT2D eigenvalue weighted by Crippen LogP contribution is -1.91. The van der Waals surface area contributed by atoms with Gasteiger partial charge < -0.3 is 5.73 Å². The van der Waals surface area contributed by atoms with Crippen LogP contribution >= 0.6 is 0 Å². The van der Waals surface area contributed by atoms with Crippen molar-refractivity contribution in [3.05, 3.63) is 48.0 Å². The summed E-state index contributed by atoms with van der Waals surface area (Å²) in [4.78, 5) is 4.30. The summed E-state index contributed by atoms with van der Waals surface area (Å²) in [5, 5.41) is 0. The number of aryl methyl sites for hydroxylation is 1. The molecule has 16 heavy (non-hydrogen) atoms. The molecule has 2 rings (SSSR count). The molecule has 0 atom stereocenters. The van der Waals surface area contributed by atoms with Gasteiger partial charge in [0, 0.05) is 5.56 Å². The van der Waals surface area contributed by atoms with Crippen molar-refractivity contribution < 1.29 is 0 Å². The zero-order valence-electron chi connectivity index (χ0n) is 9.48. The smallest absolute Gasteiger partial charge is 0.124 e. The quantitative estimate of drug-likeness (QED) is 0.848. The Kier molecular flexibility index (Phi) is 3.20. The molecule has 1 aromatic carbocycles. The van der Waals surface area contributed by atoms with Gasteiger partial charge in [-0.15, -0.1) is 0 Å². The molecule has 0 radical (unpaired) electrons. The lowest BCUT2D eigenvalue weighted by molar-refractivity contribution is 0.922. The maximum Gasteiger partial charge on any atom is 0.124 e. The maximum atomic E-state index is 5.66. The Hall–Kier alpha value is -1.83. The largest absolute Gasteiger partial charge is 0.384 e. The minimum absolute atomic E-state index is 0.565. The van der Waals surface area contributed by atoms with Crippen molar-refractivity contribution in [2.75, 3.05) is 5.73 Å². The Balaban J connectivity index is 2.27. The number of nitrogen functional groups attached to an aromatic ring is 1. The van der Waals surface area contributed by atoms with Crippen molar-refractivity contribution in [3.8, 4) is 11.3 Å². The number of hydrogen-bond donors (Lipinski definition) is 1. The van der Waals surface area contributed by atoms with E-state index >= 15 is 0 Å². The molecule has 2 aromatic rings. The second kappa shape index (κ2) is 4.79. The minimum Gasteiger partial charge on any atom is -0.384 e. The summed E-state index contributed by atoms with van der Waals surface area (Å²) in [5.74, 6) is 0.565. The number of anilines is 1. The van der Waals surface area contributed by atoms with Crippen LogP contribution in [0.25, 0.3) is 11.3 Å². The number of aromatic nitrogens is 1. The molecule has 0 aliphatic carbocycles. The van der Waals surface area contributed by atoms with Gasteiger partial charge in [-0.3, -0.25) is 0 Å². The number of nitrogens with two attached hydrogens (primary N) is 1. The summed E-state index contributed by atoms with van der Waals surface area (Å²) >= 11 is 0. The van der Waals surface area contributed by atoms with Gasteiger partial charge in [0.1, 0.15) is 5.82 Å². The first kappa shape index (κ1) is 10.7. The van der Waals surface area contributed by atoms with Gasteiger partial charge in [-0.05, 0) is 24.1 Å². The van der Waals surface area contributed by atoms with Gasteiger partial charge in [0.05, 0.1) is 5.69 Å². The lowest BCUT2D eigenvalue weighted by Gasteiger charge is -2.03. The highest BCUT2D eigenvalue weighted by atomic mass is 14.8. The molecule has 1 heterocycles. The first-order valence-corrected chi connectivity index (χ1v) is 5.61. The minimum atomic E-state index is 0.565. The molecular weight excluding hydrogens is 196 g/mol. The molecule has 82 valence electrons. The van der Waals surface area contributed by atoms with Crippen molar-refractivity contribution in [2.45, 2.75) is 19.8 Å². The van der Waals surface area contributed by atoms with Crippen molar-refractivity contribution >= 4 is 5.82 Å². The van der Waals surface area contributed by atoms with E-state index in [0.717, 1.165) is 17.7 Å². The number of pyridine rings is 1. The van der Waals surface area contributed by atoms with Gasteiger partial charge in [0.2, 0.25) is 0 Å². The van der Waals surface area contributed by atoms with Crippen molar-refractivity contribution in [1.29, 1.82) is 0 Å². The van der Waals surface area contributed by atoms with E-state index in [1.807, 2.05) is 12.1 Å². The topological polar surface area (TPSA) is 38.9 Å². The van der Waals surface area contributed by atoms with E-state index < -0.39 is 0 Å². The summed E-state index contributed by atoms with van der Waals surface area (Å²) < 4.78 is 0. The van der Waals surface area contributed by atoms with Crippen LogP contribution in [0, 0.1) is 0 Å². The molecule has 0 aliphatic heterocycles. The highest BCUT2D eigenvalue weighted by molar-refractivity contribution is 5.61. The summed E-state index contributed by atoms with van der Waals surface area (Å²) in [6.45, 7) is 2.19. The van der Waals surface area contributed by atoms with Crippen LogP contribution in [0.15, 0.2) is 42.5 Å². The van der Waals surface area contributed by atoms with Gasteiger partial charge in [-0.2, -0.15) is 0 Å². The molecule has 0 unspecified atom stereocenters. The van der Waals surface area contributed by atoms with E-state index in [2.05, 4.69) is 36.2 Å². The molecule has 0 fully saturated rings. The van der Waals surface area contributed by atoms with E-state index in [-0.39, 0.29) is 0 Å². The molecule has 2 heteroatoms. The molecule has 2 N–H and O–H groups in total. The fourth-order valence-corrected chi connectivity index (χ4v) is 1.74. The van der Waals surface area contributed by atoms with Crippen LogP contribution in [0.5, 0.6) is 0 Å². The van der Waals surface area contributed by atoms with E-state index in [1.165, 1.54) is 12.0 Å². The molecule has 0 saturated carbocycles. The molecule has 0 saturated heterocycles. The molecule has 0 bridgehead atoms. The van der Waals surface area contributed by atoms with Crippen LogP contribution in [-0.2, 0) is 6.42 Å². The van der Waals surface area contributed by atoms with Crippen molar-refractivity contribution in [3.63, 3.8) is 0 Å². The van der Waals surface area contributed by atoms with Crippen LogP contribution in [0.2, 0.25) is 0 Å². The van der Waals surface area contributed by atoms with Crippen LogP contribution in [-0.4, -0.2) is 4.98 Å². The average molecular weight is 212 g/mol. The van der Waals surface area contributed by atoms with Crippen LogP contribution in [0.4, 0.5) is 5.82 Å². The van der Waals surface area contributed by atoms with E-state index in [1.54, 1.807) is 6.07 Å². The predicted octanol–water partition coefficient (Wildman–Crippen LogP) is 3.28. The van der Waals surface area contributed by atoms with E-state index in [4.69, 9.17) is 5.73 Å². The van der Waals surface area contributed by atoms with Gasteiger partial charge in [-0.25, -0.2) is 4.98 Å². The average Bonchev–Trinajstić information content (AvgIpc) is 2.30. The lowest BCUT2D eigenvalue weighted by atomic mass is 10.1. The highest BCUT2D eigenvalue weighted by Gasteiger charge is 1.99. The third-order valence-electron chi connectivity index (χ3n) is 2.56. The second-order valence-corrected chi connectivity index (χ2v) is 3.89. The maximum absolute atomic E-state index is 5.66. The zero-order chi connectivity index (χ0) is 11.4. The number of rotatable bonds is 3. The molecular formula is C14H16N2. The highest BCUT2D eigenvalue weighted by Crippen LogP contribution is 2.18. The van der Waals surface area contributed by atoms with E-state index in [9.17, 15) is 0 Å². The normalized spacial score (nSPS) is 10.3. The zero-order valence-corrected chi connectivity index (χ0v) is 9.48. The summed E-state index contributed by atoms with van der Waals surface area (Å²) in [6.07, 6.45) is 2.31. The fraction of sp³-hybridized carbons (Fsp3) is 0.214. The molecule has 0 amide bonds. The van der Waals surface area contributed by atoms with Gasteiger partial charge in [-0.1, -0.05) is 43.7 Å². The number of benzene rings is 1. The van der Waals surface area contributed by atoms with Crippen LogP contribution in [0.3, 0.4) is 0 Å². The Morgan fingerprint density at radius 1 is 1.06 bits per heavy atom. The summed E-state index contributed by atoms with van der Waals surface area (Å²) in [7, 11) is 0. The SMILES string of the molecule is CCCc1ccc(-c2cccc(N)n2)cc1. The molecule has 2 nitrogen and oxygen atoms in total. The van der Waals surface area contributed by atoms with Gasteiger partial charge in [0.15, 0.2) is 0 Å². The Morgan fingerprint density at radius 3 is 2.44 bits per heavy atom. The predicted molar refractivity (Wildman–Crippen MR) is 68.1 cm³/mol. The van der Waals surface area contributed by atoms with Gasteiger partial charge >= 0.3 is 0 Å². The van der Waals surface area contributed by atoms with Crippen LogP contribution < -0.4 is 5.73 Å². The third-order valence-corrected chi connectivity index (χ3v) is 2.56. The summed E-state index contributed by atoms with van der Waals surface area (Å²) in [5.41, 5.74) is 9.08. The van der Waals surface area contributed by atoms with Gasteiger partial charge in [0.25, 0.3) is 0 Å². The Morgan fingerprint density at radius 2 is 1.81 bits per heavy atom. The molecule has 1 aromatic heterocycles. The Bertz CT molecular complexity index is 460. The first-order chi connectivity index (χ1) is 7.79. The van der Waals surface area contributed by atoms with Crippen molar-refractivity contribution in [1.82, 2.24) is 4.98 Å². The Labute approximate surface area is 96.1 Å². The van der Waals surface area contributed by atoms with E-state index in [0.29, 0.717) is 5.82 Å². The monoisotopic (exact) mass is 212 g/mol. The third kappa shape index (κ3) is 2.40. The fourth-order valence-electron chi connectivity index (χ4n) is 1.74.